The van der Waals surface area contributed by atoms with Crippen molar-refractivity contribution in [2.24, 2.45) is 0 Å². The number of fused-ring (bicyclic) bond motifs is 2. The van der Waals surface area contributed by atoms with Gasteiger partial charge >= 0.3 is 5.97 Å². The van der Waals surface area contributed by atoms with Crippen molar-refractivity contribution in [1.82, 2.24) is 8.75 Å². The molecule has 0 bridgehead atoms. The normalized spacial score (nSPS) is 16.2. The number of methoxy groups -OCH3 is 4. The Kier molecular flexibility index (Phi) is 9.15. The van der Waals surface area contributed by atoms with Crippen molar-refractivity contribution in [3.63, 3.8) is 0 Å². The van der Waals surface area contributed by atoms with Crippen LogP contribution in [0.4, 0.5) is 0 Å². The third kappa shape index (κ3) is 6.08. The Morgan fingerprint density at radius 1 is 0.792 bits per heavy atom. The van der Waals surface area contributed by atoms with Crippen LogP contribution in [0, 0.1) is 0 Å². The minimum atomic E-state index is -2.02. The number of aromatic nitrogens is 2. The molecule has 2 aliphatic heterocycles. The number of esters is 1. The van der Waals surface area contributed by atoms with Crippen LogP contribution in [0.25, 0.3) is 16.6 Å². The largest absolute Gasteiger partial charge is 0.493 e. The molecule has 1 aromatic heterocycles. The van der Waals surface area contributed by atoms with Gasteiger partial charge < -0.3 is 38.3 Å². The van der Waals surface area contributed by atoms with Crippen molar-refractivity contribution >= 4 is 40.6 Å². The number of ether oxygens (including phenoxy) is 7. The average Bonchev–Trinajstić information content (AvgIpc) is 3.85. The van der Waals surface area contributed by atoms with Gasteiger partial charge in [-0.3, -0.25) is 4.79 Å². The highest BCUT2D eigenvalue weighted by Crippen LogP contribution is 2.47. The molecule has 0 saturated carbocycles. The molecule has 13 heteroatoms. The Balaban J connectivity index is 0.000000284. The molecule has 0 saturated heterocycles. The summed E-state index contributed by atoms with van der Waals surface area (Å²) in [5, 5.41) is 11.9. The molecule has 246 valence electrons. The summed E-state index contributed by atoms with van der Waals surface area (Å²) in [6.07, 6.45) is 0.960. The first-order valence-electron chi connectivity index (χ1n) is 14.5. The Hall–Kier alpha value is -5.66. The summed E-state index contributed by atoms with van der Waals surface area (Å²) in [7, 11) is 6.20. The van der Waals surface area contributed by atoms with E-state index in [0.29, 0.717) is 67.8 Å². The van der Waals surface area contributed by atoms with Crippen LogP contribution in [0.2, 0.25) is 0 Å². The minimum Gasteiger partial charge on any atom is -0.493 e. The second-order valence-corrected chi connectivity index (χ2v) is 11.0. The van der Waals surface area contributed by atoms with Crippen LogP contribution in [0.5, 0.6) is 34.5 Å². The van der Waals surface area contributed by atoms with Crippen molar-refractivity contribution < 1.29 is 47.9 Å². The first kappa shape index (κ1) is 32.3. The second kappa shape index (κ2) is 13.6. The molecule has 0 amide bonds. The smallest absolute Gasteiger partial charge is 0.342 e. The molecule has 0 radical (unpaired) electrons. The molecule has 48 heavy (non-hydrogen) atoms. The molecule has 1 N–H and O–H groups in total. The van der Waals surface area contributed by atoms with Crippen molar-refractivity contribution in [2.75, 3.05) is 35.2 Å². The number of aldehydes is 1. The Bertz CT molecular complexity index is 2040. The van der Waals surface area contributed by atoms with Crippen molar-refractivity contribution in [3.05, 3.63) is 101 Å². The van der Waals surface area contributed by atoms with E-state index in [1.54, 1.807) is 88.1 Å². The summed E-state index contributed by atoms with van der Waals surface area (Å²) in [4.78, 5) is 23.7. The molecule has 0 fully saturated rings. The molecule has 0 spiro atoms. The summed E-state index contributed by atoms with van der Waals surface area (Å²) in [5.41, 5.74) is 4.21. The van der Waals surface area contributed by atoms with Gasteiger partial charge in [0.15, 0.2) is 34.5 Å². The fraction of sp³-hybridized carbons (Fsp3) is 0.200. The lowest BCUT2D eigenvalue weighted by molar-refractivity contribution is -0.185. The van der Waals surface area contributed by atoms with Crippen molar-refractivity contribution in [1.29, 1.82) is 0 Å². The van der Waals surface area contributed by atoms with Crippen LogP contribution >= 0.6 is 11.7 Å². The highest BCUT2D eigenvalue weighted by molar-refractivity contribution is 7.00. The molecule has 1 atom stereocenters. The zero-order valence-electron chi connectivity index (χ0n) is 26.3. The van der Waals surface area contributed by atoms with Gasteiger partial charge in [0, 0.05) is 23.1 Å². The van der Waals surface area contributed by atoms with E-state index >= 15 is 0 Å². The van der Waals surface area contributed by atoms with E-state index in [9.17, 15) is 14.7 Å². The summed E-state index contributed by atoms with van der Waals surface area (Å²) >= 11 is 1.07. The maximum atomic E-state index is 13.3. The van der Waals surface area contributed by atoms with Crippen LogP contribution in [0.1, 0.15) is 27.0 Å². The minimum absolute atomic E-state index is 0.104. The lowest BCUT2D eigenvalue weighted by atomic mass is 9.88. The SMILES string of the molecule is COc1ccc(C=O)cc1OC.COc1ccc(CC2=C(c3ccc4c(c3)OCO4)C(=O)OC2(O)c2ccc3nsnc3c2)cc1OC. The fourth-order valence-corrected chi connectivity index (χ4v) is 5.96. The molecule has 0 aliphatic carbocycles. The number of aliphatic hydroxyl groups is 1. The maximum Gasteiger partial charge on any atom is 0.342 e. The summed E-state index contributed by atoms with van der Waals surface area (Å²) in [6.45, 7) is 0.104. The van der Waals surface area contributed by atoms with Gasteiger partial charge in [-0.15, -0.1) is 0 Å². The first-order chi connectivity index (χ1) is 23.3. The number of nitrogens with zero attached hydrogens (tertiary/aromatic N) is 2. The Morgan fingerprint density at radius 2 is 1.48 bits per heavy atom. The molecule has 12 nitrogen and oxygen atoms in total. The van der Waals surface area contributed by atoms with E-state index in [-0.39, 0.29) is 18.8 Å². The van der Waals surface area contributed by atoms with E-state index in [2.05, 4.69) is 8.75 Å². The zero-order chi connectivity index (χ0) is 33.8. The fourth-order valence-electron chi connectivity index (χ4n) is 5.44. The summed E-state index contributed by atoms with van der Waals surface area (Å²) < 4.78 is 45.9. The molecule has 2 aliphatic rings. The number of cyclic esters (lactones) is 1. The number of benzene rings is 4. The van der Waals surface area contributed by atoms with Crippen LogP contribution < -0.4 is 28.4 Å². The summed E-state index contributed by atoms with van der Waals surface area (Å²) in [5.74, 6) is 0.736. The molecular formula is C35H30N2O10S. The molecule has 4 aromatic carbocycles. The summed E-state index contributed by atoms with van der Waals surface area (Å²) in [6, 6.07) is 20.7. The molecule has 1 unspecified atom stereocenters. The molecule has 5 aromatic rings. The Labute approximate surface area is 279 Å². The van der Waals surface area contributed by atoms with Gasteiger partial charge in [0.1, 0.15) is 17.3 Å². The van der Waals surface area contributed by atoms with Crippen LogP contribution in [0.3, 0.4) is 0 Å². The van der Waals surface area contributed by atoms with E-state index in [0.717, 1.165) is 23.6 Å². The highest BCUT2D eigenvalue weighted by Gasteiger charge is 2.48. The van der Waals surface area contributed by atoms with Crippen LogP contribution in [-0.2, 0) is 21.7 Å². The van der Waals surface area contributed by atoms with Gasteiger partial charge in [0.25, 0.3) is 5.79 Å². The lowest BCUT2D eigenvalue weighted by Crippen LogP contribution is -2.29. The number of carbonyl (C=O) groups excluding carboxylic acids is 2. The van der Waals surface area contributed by atoms with E-state index in [4.69, 9.17) is 33.2 Å². The van der Waals surface area contributed by atoms with E-state index < -0.39 is 11.8 Å². The zero-order valence-corrected chi connectivity index (χ0v) is 27.2. The van der Waals surface area contributed by atoms with Gasteiger partial charge in [0.05, 0.1) is 45.7 Å². The van der Waals surface area contributed by atoms with Crippen LogP contribution in [0.15, 0.2) is 78.4 Å². The number of hydrogen-bond donors (Lipinski definition) is 1. The molecule has 7 rings (SSSR count). The third-order valence-corrected chi connectivity index (χ3v) is 8.39. The highest BCUT2D eigenvalue weighted by atomic mass is 32.1. The van der Waals surface area contributed by atoms with E-state index in [1.165, 1.54) is 7.11 Å². The first-order valence-corrected chi connectivity index (χ1v) is 15.2. The van der Waals surface area contributed by atoms with Crippen molar-refractivity contribution in [3.8, 4) is 34.5 Å². The van der Waals surface area contributed by atoms with Gasteiger partial charge in [-0.25, -0.2) is 4.79 Å². The van der Waals surface area contributed by atoms with Crippen molar-refractivity contribution in [2.45, 2.75) is 12.2 Å². The lowest BCUT2D eigenvalue weighted by Gasteiger charge is -2.26. The van der Waals surface area contributed by atoms with Gasteiger partial charge in [-0.05, 0) is 71.8 Å². The van der Waals surface area contributed by atoms with Gasteiger partial charge in [-0.1, -0.05) is 12.1 Å². The predicted octanol–water partition coefficient (Wildman–Crippen LogP) is 5.35. The van der Waals surface area contributed by atoms with Crippen LogP contribution in [-0.4, -0.2) is 61.3 Å². The standard InChI is InChI=1S/C26H20N2O7S.C9H10O3/c1-31-20-7-3-14(10-22(20)32-2)9-17-24(15-4-8-21-23(11-15)34-13-33-21)25(29)35-26(17,30)16-5-6-18-19(12-16)28-36-27-18;1-11-8-4-3-7(6-10)5-9(8)12-2/h3-8,10-12,30H,9,13H2,1-2H3;3-6H,1-2H3. The monoisotopic (exact) mass is 670 g/mol. The molecule has 3 heterocycles. The van der Waals surface area contributed by atoms with Gasteiger partial charge in [0.2, 0.25) is 6.79 Å². The number of carbonyl (C=O) groups is 2. The number of rotatable bonds is 9. The third-order valence-electron chi connectivity index (χ3n) is 7.83. The Morgan fingerprint density at radius 3 is 2.21 bits per heavy atom. The average molecular weight is 671 g/mol. The van der Waals surface area contributed by atoms with E-state index in [1.807, 2.05) is 6.07 Å². The predicted molar refractivity (Wildman–Crippen MR) is 175 cm³/mol. The topological polar surface area (TPSA) is 145 Å². The molecular weight excluding hydrogens is 640 g/mol. The quantitative estimate of drug-likeness (QED) is 0.159. The maximum absolute atomic E-state index is 13.3. The number of hydrogen-bond acceptors (Lipinski definition) is 13. The second-order valence-electron chi connectivity index (χ2n) is 10.5. The van der Waals surface area contributed by atoms with Gasteiger partial charge in [-0.2, -0.15) is 8.75 Å².